The molecule has 4 aromatic rings. The quantitative estimate of drug-likeness (QED) is 0.422. The summed E-state index contributed by atoms with van der Waals surface area (Å²) < 4.78 is 31.5. The van der Waals surface area contributed by atoms with Crippen LogP contribution in [0.4, 0.5) is 11.5 Å². The fourth-order valence-corrected chi connectivity index (χ4v) is 4.35. The van der Waals surface area contributed by atoms with Crippen molar-refractivity contribution in [1.29, 1.82) is 0 Å². The number of fused-ring (bicyclic) bond motifs is 1. The largest absolute Gasteiger partial charge is 0.378 e. The minimum absolute atomic E-state index is 0.385. The fraction of sp³-hybridized carbons (Fsp3) is 0.190. The molecule has 0 amide bonds. The number of nitrogens with zero attached hydrogens (tertiary/aromatic N) is 4. The number of aromatic nitrogens is 4. The zero-order valence-electron chi connectivity index (χ0n) is 17.0. The maximum Gasteiger partial charge on any atom is 0.296 e. The number of morpholine rings is 1. The van der Waals surface area contributed by atoms with Crippen LogP contribution in [0.1, 0.15) is 0 Å². The smallest absolute Gasteiger partial charge is 0.296 e. The molecule has 0 unspecified atom stereocenters. The van der Waals surface area contributed by atoms with Crippen LogP contribution in [0.5, 0.6) is 0 Å². The van der Waals surface area contributed by atoms with Gasteiger partial charge in [-0.2, -0.15) is 13.5 Å². The van der Waals surface area contributed by atoms with Crippen LogP contribution >= 0.6 is 0 Å². The zero-order valence-corrected chi connectivity index (χ0v) is 17.8. The molecule has 0 saturated carbocycles. The third kappa shape index (κ3) is 4.00. The van der Waals surface area contributed by atoms with Crippen LogP contribution in [0.2, 0.25) is 0 Å². The molecule has 4 heterocycles. The number of hydrogen-bond donors (Lipinski definition) is 3. The number of H-pyrrole nitrogens is 1. The SMILES string of the molecule is NS(=O)(=O)Nc1ccccc1-c1cc(N2CCOCC2)nc2c(-c3ccn[nH]3)nccc12. The van der Waals surface area contributed by atoms with E-state index in [1.165, 1.54) is 0 Å². The fourth-order valence-electron chi connectivity index (χ4n) is 3.86. The molecule has 1 aliphatic heterocycles. The Labute approximate surface area is 184 Å². The highest BCUT2D eigenvalue weighted by Gasteiger charge is 2.20. The molecule has 1 saturated heterocycles. The Bertz CT molecular complexity index is 1370. The van der Waals surface area contributed by atoms with E-state index in [-0.39, 0.29) is 0 Å². The minimum atomic E-state index is -3.95. The van der Waals surface area contributed by atoms with Crippen molar-refractivity contribution in [3.63, 3.8) is 0 Å². The molecule has 3 aromatic heterocycles. The van der Waals surface area contributed by atoms with Crippen LogP contribution in [0.3, 0.4) is 0 Å². The maximum absolute atomic E-state index is 11.8. The highest BCUT2D eigenvalue weighted by atomic mass is 32.2. The van der Waals surface area contributed by atoms with Crippen molar-refractivity contribution >= 4 is 32.6 Å². The Morgan fingerprint density at radius 1 is 1.06 bits per heavy atom. The minimum Gasteiger partial charge on any atom is -0.378 e. The molecule has 1 aromatic carbocycles. The lowest BCUT2D eigenvalue weighted by molar-refractivity contribution is 0.122. The van der Waals surface area contributed by atoms with Gasteiger partial charge in [-0.25, -0.2) is 10.1 Å². The van der Waals surface area contributed by atoms with E-state index in [0.29, 0.717) is 48.8 Å². The first kappa shape index (κ1) is 20.4. The predicted molar refractivity (Wildman–Crippen MR) is 122 cm³/mol. The van der Waals surface area contributed by atoms with Crippen LogP contribution in [-0.4, -0.2) is 54.9 Å². The van der Waals surface area contributed by atoms with Gasteiger partial charge in [0.2, 0.25) is 0 Å². The van der Waals surface area contributed by atoms with Crippen molar-refractivity contribution in [3.05, 3.63) is 54.9 Å². The van der Waals surface area contributed by atoms with Gasteiger partial charge in [-0.05, 0) is 29.8 Å². The Balaban J connectivity index is 1.78. The normalized spacial score (nSPS) is 14.6. The number of nitrogens with two attached hydrogens (primary N) is 1. The van der Waals surface area contributed by atoms with Gasteiger partial charge in [0, 0.05) is 36.4 Å². The molecule has 10 nitrogen and oxygen atoms in total. The summed E-state index contributed by atoms with van der Waals surface area (Å²) in [7, 11) is -3.95. The average Bonchev–Trinajstić information content (AvgIpc) is 3.33. The lowest BCUT2D eigenvalue weighted by atomic mass is 9.99. The van der Waals surface area contributed by atoms with Crippen molar-refractivity contribution in [2.24, 2.45) is 5.14 Å². The summed E-state index contributed by atoms with van der Waals surface area (Å²) in [6.45, 7) is 2.63. The van der Waals surface area contributed by atoms with Crippen molar-refractivity contribution in [1.82, 2.24) is 20.2 Å². The Morgan fingerprint density at radius 2 is 1.88 bits per heavy atom. The molecule has 0 bridgehead atoms. The molecule has 5 rings (SSSR count). The van der Waals surface area contributed by atoms with Gasteiger partial charge in [-0.3, -0.25) is 14.8 Å². The van der Waals surface area contributed by atoms with E-state index in [1.54, 1.807) is 24.5 Å². The van der Waals surface area contributed by atoms with Crippen molar-refractivity contribution in [3.8, 4) is 22.5 Å². The summed E-state index contributed by atoms with van der Waals surface area (Å²) >= 11 is 0. The van der Waals surface area contributed by atoms with E-state index in [9.17, 15) is 8.42 Å². The molecular formula is C21H21N7O3S. The van der Waals surface area contributed by atoms with Crippen molar-refractivity contribution in [2.45, 2.75) is 0 Å². The van der Waals surface area contributed by atoms with Crippen LogP contribution in [0.15, 0.2) is 54.9 Å². The maximum atomic E-state index is 11.8. The predicted octanol–water partition coefficient (Wildman–Crippen LogP) is 2.14. The molecule has 11 heteroatoms. The van der Waals surface area contributed by atoms with Gasteiger partial charge < -0.3 is 9.64 Å². The van der Waals surface area contributed by atoms with E-state index in [4.69, 9.17) is 14.9 Å². The lowest BCUT2D eigenvalue weighted by Crippen LogP contribution is -2.36. The number of rotatable bonds is 5. The summed E-state index contributed by atoms with van der Waals surface area (Å²) in [4.78, 5) is 11.6. The summed E-state index contributed by atoms with van der Waals surface area (Å²) in [5, 5.41) is 13.1. The number of ether oxygens (including phenoxy) is 1. The average molecular weight is 452 g/mol. The highest BCUT2D eigenvalue weighted by molar-refractivity contribution is 7.90. The Morgan fingerprint density at radius 3 is 2.62 bits per heavy atom. The monoisotopic (exact) mass is 451 g/mol. The molecule has 4 N–H and O–H groups in total. The summed E-state index contributed by atoms with van der Waals surface area (Å²) in [5.41, 5.74) is 3.96. The van der Waals surface area contributed by atoms with E-state index in [2.05, 4.69) is 24.8 Å². The van der Waals surface area contributed by atoms with Gasteiger partial charge in [0.1, 0.15) is 17.0 Å². The third-order valence-electron chi connectivity index (χ3n) is 5.27. The van der Waals surface area contributed by atoms with Gasteiger partial charge in [0.25, 0.3) is 10.2 Å². The number of nitrogens with one attached hydrogen (secondary N) is 2. The number of aromatic amines is 1. The summed E-state index contributed by atoms with van der Waals surface area (Å²) in [6.07, 6.45) is 3.36. The second-order valence-electron chi connectivity index (χ2n) is 7.35. The number of hydrogen-bond acceptors (Lipinski definition) is 7. The van der Waals surface area contributed by atoms with Gasteiger partial charge in [0.05, 0.1) is 24.6 Å². The molecule has 0 aliphatic carbocycles. The number of para-hydroxylation sites is 1. The van der Waals surface area contributed by atoms with Crippen LogP contribution in [0.25, 0.3) is 33.4 Å². The molecule has 0 spiro atoms. The highest BCUT2D eigenvalue weighted by Crippen LogP contribution is 2.38. The molecular weight excluding hydrogens is 430 g/mol. The van der Waals surface area contributed by atoms with E-state index >= 15 is 0 Å². The topological polar surface area (TPSA) is 139 Å². The summed E-state index contributed by atoms with van der Waals surface area (Å²) in [6, 6.07) is 12.8. The Kier molecular flexibility index (Phi) is 5.21. The van der Waals surface area contributed by atoms with Gasteiger partial charge in [-0.15, -0.1) is 0 Å². The van der Waals surface area contributed by atoms with Gasteiger partial charge in [-0.1, -0.05) is 18.2 Å². The first-order valence-corrected chi connectivity index (χ1v) is 11.6. The molecule has 0 atom stereocenters. The second-order valence-corrected chi connectivity index (χ2v) is 8.64. The van der Waals surface area contributed by atoms with E-state index in [1.807, 2.05) is 30.3 Å². The molecule has 164 valence electrons. The number of anilines is 2. The molecule has 1 fully saturated rings. The Hall–Kier alpha value is -3.54. The number of benzene rings is 1. The van der Waals surface area contributed by atoms with E-state index in [0.717, 1.165) is 22.5 Å². The van der Waals surface area contributed by atoms with Crippen LogP contribution < -0.4 is 14.8 Å². The summed E-state index contributed by atoms with van der Waals surface area (Å²) in [5.74, 6) is 0.759. The van der Waals surface area contributed by atoms with Crippen molar-refractivity contribution in [2.75, 3.05) is 35.9 Å². The third-order valence-corrected chi connectivity index (χ3v) is 5.78. The standard InChI is InChI=1S/C21H21N7O3S/c22-32(29,30)27-17-4-2-1-3-14(17)16-13-19(28-9-11-31-12-10-28)25-20-15(16)5-7-23-21(20)18-6-8-24-26-18/h1-8,13,27H,9-12H2,(H,24,26)(H2,22,29,30). The second kappa shape index (κ2) is 8.19. The van der Waals surface area contributed by atoms with Gasteiger partial charge in [0.15, 0.2) is 0 Å². The van der Waals surface area contributed by atoms with Crippen molar-refractivity contribution < 1.29 is 13.2 Å². The molecule has 1 aliphatic rings. The zero-order chi connectivity index (χ0) is 22.1. The van der Waals surface area contributed by atoms with Crippen LogP contribution in [-0.2, 0) is 14.9 Å². The lowest BCUT2D eigenvalue weighted by Gasteiger charge is -2.28. The number of pyridine rings is 2. The molecule has 0 radical (unpaired) electrons. The first-order valence-electron chi connectivity index (χ1n) is 10.0. The van der Waals surface area contributed by atoms with Gasteiger partial charge >= 0.3 is 0 Å². The molecule has 32 heavy (non-hydrogen) atoms. The van der Waals surface area contributed by atoms with E-state index < -0.39 is 10.2 Å². The first-order chi connectivity index (χ1) is 15.5. The van der Waals surface area contributed by atoms with Crippen LogP contribution in [0, 0.1) is 0 Å².